The molecule has 0 N–H and O–H groups in total. The van der Waals surface area contributed by atoms with Crippen LogP contribution in [0, 0.1) is 0 Å². The Morgan fingerprint density at radius 1 is 1.15 bits per heavy atom. The molecule has 0 spiro atoms. The minimum absolute atomic E-state index is 0.110. The van der Waals surface area contributed by atoms with E-state index in [9.17, 15) is 13.2 Å². The van der Waals surface area contributed by atoms with Gasteiger partial charge < -0.3 is 14.2 Å². The van der Waals surface area contributed by atoms with E-state index in [-0.39, 0.29) is 31.6 Å². The van der Waals surface area contributed by atoms with Gasteiger partial charge in [0.05, 0.1) is 26.0 Å². The van der Waals surface area contributed by atoms with E-state index in [0.717, 1.165) is 43.2 Å². The van der Waals surface area contributed by atoms with Crippen LogP contribution < -0.4 is 0 Å². The second-order valence-corrected chi connectivity index (χ2v) is 11.0. The van der Waals surface area contributed by atoms with Crippen LogP contribution in [0.4, 0.5) is 0 Å². The van der Waals surface area contributed by atoms with Gasteiger partial charge in [0, 0.05) is 43.2 Å². The first kappa shape index (κ1) is 25.7. The molecule has 0 saturated heterocycles. The van der Waals surface area contributed by atoms with Crippen LogP contribution in [0.2, 0.25) is 5.02 Å². The number of methoxy groups -OCH3 is 1. The van der Waals surface area contributed by atoms with E-state index in [1.54, 1.807) is 0 Å². The van der Waals surface area contributed by atoms with Gasteiger partial charge in [-0.05, 0) is 36.6 Å². The van der Waals surface area contributed by atoms with Crippen molar-refractivity contribution in [2.24, 2.45) is 0 Å². The summed E-state index contributed by atoms with van der Waals surface area (Å²) in [6, 6.07) is 11.8. The van der Waals surface area contributed by atoms with Gasteiger partial charge in [0.25, 0.3) is 0 Å². The molecule has 1 aromatic heterocycles. The molecule has 182 valence electrons. The van der Waals surface area contributed by atoms with Gasteiger partial charge in [-0.3, -0.25) is 4.79 Å². The predicted octanol–water partition coefficient (Wildman–Crippen LogP) is 3.76. The third-order valence-electron chi connectivity index (χ3n) is 6.22. The zero-order chi connectivity index (χ0) is 23.8. The number of carbonyl (C=O) groups excluding carboxylic acids is 1. The van der Waals surface area contributed by atoms with Crippen molar-refractivity contribution in [3.05, 3.63) is 58.9 Å². The summed E-state index contributed by atoms with van der Waals surface area (Å²) in [5.74, 6) is -0.172. The number of hydrogen-bond acceptors (Lipinski definition) is 4. The van der Waals surface area contributed by atoms with E-state index in [2.05, 4.69) is 4.57 Å². The fourth-order valence-electron chi connectivity index (χ4n) is 4.34. The van der Waals surface area contributed by atoms with Crippen LogP contribution in [0.15, 0.2) is 42.6 Å². The molecule has 0 atom stereocenters. The van der Waals surface area contributed by atoms with Crippen LogP contribution in [0.3, 0.4) is 0 Å². The Kier molecular flexibility index (Phi) is 9.37. The Balaban J connectivity index is 1.81. The van der Waals surface area contributed by atoms with Crippen molar-refractivity contribution >= 4 is 27.5 Å². The summed E-state index contributed by atoms with van der Waals surface area (Å²) in [7, 11) is -2.01. The van der Waals surface area contributed by atoms with Crippen LogP contribution >= 0.6 is 11.6 Å². The van der Waals surface area contributed by atoms with E-state index in [1.165, 1.54) is 17.8 Å². The number of amides is 1. The van der Waals surface area contributed by atoms with Gasteiger partial charge in [-0.25, -0.2) is 8.42 Å². The van der Waals surface area contributed by atoms with Gasteiger partial charge in [-0.15, -0.1) is 0 Å². The highest BCUT2D eigenvalue weighted by atomic mass is 35.5. The lowest BCUT2D eigenvalue weighted by atomic mass is 9.94. The summed E-state index contributed by atoms with van der Waals surface area (Å²) in [5.41, 5.74) is 2.01. The van der Waals surface area contributed by atoms with Crippen LogP contribution in [-0.2, 0) is 32.6 Å². The molecule has 1 aromatic carbocycles. The fourth-order valence-corrected chi connectivity index (χ4v) is 5.29. The second-order valence-electron chi connectivity index (χ2n) is 8.62. The molecular weight excluding hydrogens is 462 g/mol. The molecule has 1 amide bonds. The molecular formula is C24H34ClN3O4S. The number of aromatic nitrogens is 1. The average Bonchev–Trinajstić information content (AvgIpc) is 3.22. The second kappa shape index (κ2) is 12.0. The third-order valence-corrected chi connectivity index (χ3v) is 7.83. The SMILES string of the molecule is COCCN(CC(=O)N(Cc1cccn1Cc1ccccc1Cl)C1CCCCC1)S(C)(=O)=O. The lowest BCUT2D eigenvalue weighted by molar-refractivity contribution is -0.135. The van der Waals surface area contributed by atoms with E-state index in [1.807, 2.05) is 47.5 Å². The minimum atomic E-state index is -3.53. The number of hydrogen-bond donors (Lipinski definition) is 0. The van der Waals surface area contributed by atoms with Crippen LogP contribution in [0.25, 0.3) is 0 Å². The standard InChI is InChI=1S/C24H34ClN3O4S/c1-32-16-15-27(33(2,30)31)19-24(29)28(21-10-4-3-5-11-21)18-22-12-8-14-26(22)17-20-9-6-7-13-23(20)25/h6-9,12-14,21H,3-5,10-11,15-19H2,1-2H3. The molecule has 1 heterocycles. The minimum Gasteiger partial charge on any atom is -0.383 e. The van der Waals surface area contributed by atoms with E-state index < -0.39 is 10.0 Å². The molecule has 33 heavy (non-hydrogen) atoms. The van der Waals surface area contributed by atoms with Gasteiger partial charge >= 0.3 is 0 Å². The van der Waals surface area contributed by atoms with E-state index in [4.69, 9.17) is 16.3 Å². The molecule has 0 radical (unpaired) electrons. The first-order chi connectivity index (χ1) is 15.8. The highest BCUT2D eigenvalue weighted by molar-refractivity contribution is 7.88. The molecule has 1 fully saturated rings. The summed E-state index contributed by atoms with van der Waals surface area (Å²) in [4.78, 5) is 15.3. The predicted molar refractivity (Wildman–Crippen MR) is 131 cm³/mol. The summed E-state index contributed by atoms with van der Waals surface area (Å²) in [6.07, 6.45) is 8.33. The number of rotatable bonds is 11. The maximum Gasteiger partial charge on any atom is 0.238 e. The summed E-state index contributed by atoms with van der Waals surface area (Å²) < 4.78 is 32.9. The molecule has 0 aliphatic heterocycles. The zero-order valence-corrected chi connectivity index (χ0v) is 21.0. The Morgan fingerprint density at radius 2 is 1.88 bits per heavy atom. The first-order valence-electron chi connectivity index (χ1n) is 11.4. The third kappa shape index (κ3) is 7.30. The largest absolute Gasteiger partial charge is 0.383 e. The number of ether oxygens (including phenoxy) is 1. The summed E-state index contributed by atoms with van der Waals surface area (Å²) in [5, 5.41) is 0.708. The summed E-state index contributed by atoms with van der Waals surface area (Å²) >= 11 is 6.36. The average molecular weight is 496 g/mol. The highest BCUT2D eigenvalue weighted by Gasteiger charge is 2.29. The fraction of sp³-hybridized carbons (Fsp3) is 0.542. The highest BCUT2D eigenvalue weighted by Crippen LogP contribution is 2.25. The summed E-state index contributed by atoms with van der Waals surface area (Å²) in [6.45, 7) is 1.26. The molecule has 7 nitrogen and oxygen atoms in total. The zero-order valence-electron chi connectivity index (χ0n) is 19.5. The van der Waals surface area contributed by atoms with Crippen molar-refractivity contribution < 1.29 is 17.9 Å². The van der Waals surface area contributed by atoms with E-state index in [0.29, 0.717) is 18.1 Å². The maximum absolute atomic E-state index is 13.5. The Morgan fingerprint density at radius 3 is 2.55 bits per heavy atom. The smallest absolute Gasteiger partial charge is 0.238 e. The topological polar surface area (TPSA) is 71.8 Å². The van der Waals surface area contributed by atoms with Crippen molar-refractivity contribution in [2.45, 2.75) is 51.2 Å². The molecule has 9 heteroatoms. The van der Waals surface area contributed by atoms with Crippen LogP contribution in [0.1, 0.15) is 43.4 Å². The molecule has 0 unspecified atom stereocenters. The number of halogens is 1. The Hall–Kier alpha value is -1.87. The molecule has 0 bridgehead atoms. The lowest BCUT2D eigenvalue weighted by Gasteiger charge is -2.36. The van der Waals surface area contributed by atoms with Crippen molar-refractivity contribution in [2.75, 3.05) is 33.1 Å². The Bertz CT molecular complexity index is 1020. The number of nitrogens with zero attached hydrogens (tertiary/aromatic N) is 3. The van der Waals surface area contributed by atoms with Crippen molar-refractivity contribution in [1.29, 1.82) is 0 Å². The lowest BCUT2D eigenvalue weighted by Crippen LogP contribution is -2.48. The quantitative estimate of drug-likeness (QED) is 0.476. The molecule has 1 saturated carbocycles. The molecule has 1 aliphatic carbocycles. The molecule has 2 aromatic rings. The number of carbonyl (C=O) groups is 1. The van der Waals surface area contributed by atoms with Gasteiger partial charge in [0.2, 0.25) is 15.9 Å². The van der Waals surface area contributed by atoms with Crippen LogP contribution in [-0.4, -0.2) is 67.2 Å². The number of sulfonamides is 1. The Labute approximate surface area is 202 Å². The first-order valence-corrected chi connectivity index (χ1v) is 13.6. The van der Waals surface area contributed by atoms with Crippen molar-refractivity contribution in [3.8, 4) is 0 Å². The van der Waals surface area contributed by atoms with Gasteiger partial charge in [0.1, 0.15) is 0 Å². The van der Waals surface area contributed by atoms with Crippen LogP contribution in [0.5, 0.6) is 0 Å². The van der Waals surface area contributed by atoms with Crippen molar-refractivity contribution in [3.63, 3.8) is 0 Å². The monoisotopic (exact) mass is 495 g/mol. The van der Waals surface area contributed by atoms with Gasteiger partial charge in [0.15, 0.2) is 0 Å². The van der Waals surface area contributed by atoms with Crippen molar-refractivity contribution in [1.82, 2.24) is 13.8 Å². The number of benzene rings is 1. The van der Waals surface area contributed by atoms with E-state index >= 15 is 0 Å². The molecule has 3 rings (SSSR count). The molecule has 1 aliphatic rings. The normalized spacial score (nSPS) is 15.2. The maximum atomic E-state index is 13.5. The van der Waals surface area contributed by atoms with Gasteiger partial charge in [-0.1, -0.05) is 49.1 Å². The van der Waals surface area contributed by atoms with Gasteiger partial charge in [-0.2, -0.15) is 4.31 Å².